The molecule has 2 aromatic carbocycles. The molecular formula is C19H20N2O4. The van der Waals surface area contributed by atoms with Gasteiger partial charge >= 0.3 is 5.97 Å². The predicted molar refractivity (Wildman–Crippen MR) is 94.1 cm³/mol. The molecule has 25 heavy (non-hydrogen) atoms. The number of benzene rings is 2. The highest BCUT2D eigenvalue weighted by molar-refractivity contribution is 5.93. The van der Waals surface area contributed by atoms with E-state index in [9.17, 15) is 14.4 Å². The number of rotatable bonds is 6. The maximum Gasteiger partial charge on any atom is 0.338 e. The normalized spacial score (nSPS) is 10.0. The van der Waals surface area contributed by atoms with Crippen LogP contribution in [0.2, 0.25) is 0 Å². The molecule has 0 saturated heterocycles. The van der Waals surface area contributed by atoms with Crippen molar-refractivity contribution < 1.29 is 19.1 Å². The summed E-state index contributed by atoms with van der Waals surface area (Å²) in [6.07, 6.45) is 0. The molecular weight excluding hydrogens is 320 g/mol. The minimum absolute atomic E-state index is 0.194. The topological polar surface area (TPSA) is 84.5 Å². The lowest BCUT2D eigenvalue weighted by Gasteiger charge is -2.09. The van der Waals surface area contributed by atoms with Crippen molar-refractivity contribution in [2.45, 2.75) is 20.4 Å². The van der Waals surface area contributed by atoms with Crippen molar-refractivity contribution in [3.05, 3.63) is 65.2 Å². The van der Waals surface area contributed by atoms with Gasteiger partial charge in [0.05, 0.1) is 5.56 Å². The van der Waals surface area contributed by atoms with Crippen LogP contribution in [0.4, 0.5) is 5.69 Å². The van der Waals surface area contributed by atoms with Crippen molar-refractivity contribution in [1.29, 1.82) is 0 Å². The summed E-state index contributed by atoms with van der Waals surface area (Å²) in [6.45, 7) is 3.40. The summed E-state index contributed by atoms with van der Waals surface area (Å²) in [5, 5.41) is 5.32. The van der Waals surface area contributed by atoms with Crippen LogP contribution in [0.15, 0.2) is 48.5 Å². The summed E-state index contributed by atoms with van der Waals surface area (Å²) in [5.74, 6) is -1.16. The molecule has 0 bridgehead atoms. The Kier molecular flexibility index (Phi) is 6.28. The highest BCUT2D eigenvalue weighted by Gasteiger charge is 2.10. The van der Waals surface area contributed by atoms with E-state index in [4.69, 9.17) is 4.74 Å². The van der Waals surface area contributed by atoms with Gasteiger partial charge < -0.3 is 15.4 Å². The van der Waals surface area contributed by atoms with Gasteiger partial charge in [-0.15, -0.1) is 0 Å². The van der Waals surface area contributed by atoms with Crippen LogP contribution in [0.5, 0.6) is 0 Å². The van der Waals surface area contributed by atoms with Gasteiger partial charge in [-0.25, -0.2) is 4.79 Å². The number of hydrogen-bond donors (Lipinski definition) is 2. The van der Waals surface area contributed by atoms with Gasteiger partial charge in [0.2, 0.25) is 5.91 Å². The van der Waals surface area contributed by atoms with Crippen molar-refractivity contribution in [3.8, 4) is 0 Å². The molecule has 0 atom stereocenters. The molecule has 6 nitrogen and oxygen atoms in total. The zero-order chi connectivity index (χ0) is 18.2. The van der Waals surface area contributed by atoms with Gasteiger partial charge in [0.1, 0.15) is 0 Å². The number of aryl methyl sites for hydroxylation is 1. The standard InChI is InChI=1S/C19H20N2O4/c1-13-5-3-4-6-16(13)11-20-18(23)12-25-19(24)15-7-9-17(10-8-15)21-14(2)22/h3-10H,11-12H2,1-2H3,(H,20,23)(H,21,22). The summed E-state index contributed by atoms with van der Waals surface area (Å²) >= 11 is 0. The number of anilines is 1. The zero-order valence-electron chi connectivity index (χ0n) is 14.2. The second-order valence-electron chi connectivity index (χ2n) is 5.54. The Hall–Kier alpha value is -3.15. The summed E-state index contributed by atoms with van der Waals surface area (Å²) in [6, 6.07) is 14.0. The third-order valence-corrected chi connectivity index (χ3v) is 3.51. The van der Waals surface area contributed by atoms with Crippen LogP contribution in [-0.2, 0) is 20.9 Å². The predicted octanol–water partition coefficient (Wildman–Crippen LogP) is 2.43. The smallest absolute Gasteiger partial charge is 0.338 e. The molecule has 0 unspecified atom stereocenters. The molecule has 0 spiro atoms. The largest absolute Gasteiger partial charge is 0.452 e. The van der Waals surface area contributed by atoms with E-state index in [1.165, 1.54) is 19.1 Å². The molecule has 2 rings (SSSR count). The highest BCUT2D eigenvalue weighted by atomic mass is 16.5. The lowest BCUT2D eigenvalue weighted by molar-refractivity contribution is -0.124. The first-order valence-corrected chi connectivity index (χ1v) is 7.81. The van der Waals surface area contributed by atoms with E-state index in [-0.39, 0.29) is 18.4 Å². The molecule has 2 N–H and O–H groups in total. The van der Waals surface area contributed by atoms with Gasteiger partial charge in [-0.1, -0.05) is 24.3 Å². The van der Waals surface area contributed by atoms with Crippen LogP contribution >= 0.6 is 0 Å². The van der Waals surface area contributed by atoms with Crippen molar-refractivity contribution in [2.24, 2.45) is 0 Å². The van der Waals surface area contributed by atoms with Gasteiger partial charge in [-0.3, -0.25) is 9.59 Å². The van der Waals surface area contributed by atoms with E-state index in [1.54, 1.807) is 12.1 Å². The Morgan fingerprint density at radius 3 is 2.32 bits per heavy atom. The van der Waals surface area contributed by atoms with Gasteiger partial charge in [0, 0.05) is 19.2 Å². The first-order valence-electron chi connectivity index (χ1n) is 7.81. The number of carbonyl (C=O) groups excluding carboxylic acids is 3. The fourth-order valence-corrected chi connectivity index (χ4v) is 2.16. The van der Waals surface area contributed by atoms with E-state index in [2.05, 4.69) is 10.6 Å². The van der Waals surface area contributed by atoms with Gasteiger partial charge in [0.25, 0.3) is 5.91 Å². The molecule has 130 valence electrons. The zero-order valence-corrected chi connectivity index (χ0v) is 14.2. The minimum atomic E-state index is -0.597. The van der Waals surface area contributed by atoms with Crippen LogP contribution in [0.1, 0.15) is 28.4 Å². The number of esters is 1. The van der Waals surface area contributed by atoms with Crippen LogP contribution in [-0.4, -0.2) is 24.4 Å². The summed E-state index contributed by atoms with van der Waals surface area (Å²) in [4.78, 5) is 34.7. The number of ether oxygens (including phenoxy) is 1. The maximum absolute atomic E-state index is 11.9. The lowest BCUT2D eigenvalue weighted by atomic mass is 10.1. The Morgan fingerprint density at radius 1 is 1.00 bits per heavy atom. The first-order chi connectivity index (χ1) is 12.0. The van der Waals surface area contributed by atoms with E-state index >= 15 is 0 Å². The number of nitrogens with one attached hydrogen (secondary N) is 2. The van der Waals surface area contributed by atoms with Crippen LogP contribution < -0.4 is 10.6 Å². The molecule has 2 amide bonds. The molecule has 0 aliphatic carbocycles. The highest BCUT2D eigenvalue weighted by Crippen LogP contribution is 2.10. The molecule has 0 aliphatic rings. The summed E-state index contributed by atoms with van der Waals surface area (Å²) in [7, 11) is 0. The van der Waals surface area contributed by atoms with Gasteiger partial charge in [-0.2, -0.15) is 0 Å². The lowest BCUT2D eigenvalue weighted by Crippen LogP contribution is -2.28. The molecule has 6 heteroatoms. The van der Waals surface area contributed by atoms with Gasteiger partial charge in [-0.05, 0) is 42.3 Å². The van der Waals surface area contributed by atoms with Crippen molar-refractivity contribution in [1.82, 2.24) is 5.32 Å². The Balaban J connectivity index is 1.80. The van der Waals surface area contributed by atoms with Crippen molar-refractivity contribution in [2.75, 3.05) is 11.9 Å². The van der Waals surface area contributed by atoms with E-state index in [0.29, 0.717) is 17.8 Å². The van der Waals surface area contributed by atoms with Gasteiger partial charge in [0.15, 0.2) is 6.61 Å². The number of carbonyl (C=O) groups is 3. The molecule has 2 aromatic rings. The van der Waals surface area contributed by atoms with E-state index in [0.717, 1.165) is 11.1 Å². The molecule has 0 aliphatic heterocycles. The second kappa shape index (κ2) is 8.63. The Bertz CT molecular complexity index is 769. The fourth-order valence-electron chi connectivity index (χ4n) is 2.16. The molecule has 0 heterocycles. The first kappa shape index (κ1) is 18.2. The summed E-state index contributed by atoms with van der Waals surface area (Å²) < 4.78 is 4.99. The van der Waals surface area contributed by atoms with E-state index in [1.807, 2.05) is 31.2 Å². The Labute approximate surface area is 146 Å². The molecule has 0 radical (unpaired) electrons. The quantitative estimate of drug-likeness (QED) is 0.791. The third kappa shape index (κ3) is 5.76. The summed E-state index contributed by atoms with van der Waals surface area (Å²) in [5.41, 5.74) is 2.98. The SMILES string of the molecule is CC(=O)Nc1ccc(C(=O)OCC(=O)NCc2ccccc2C)cc1. The number of amides is 2. The van der Waals surface area contributed by atoms with Crippen LogP contribution in [0.25, 0.3) is 0 Å². The maximum atomic E-state index is 11.9. The van der Waals surface area contributed by atoms with Crippen LogP contribution in [0.3, 0.4) is 0 Å². The van der Waals surface area contributed by atoms with Crippen molar-refractivity contribution in [3.63, 3.8) is 0 Å². The molecule has 0 fully saturated rings. The third-order valence-electron chi connectivity index (χ3n) is 3.51. The minimum Gasteiger partial charge on any atom is -0.452 e. The molecule has 0 aromatic heterocycles. The monoisotopic (exact) mass is 340 g/mol. The van der Waals surface area contributed by atoms with E-state index < -0.39 is 5.97 Å². The molecule has 0 saturated carbocycles. The average Bonchev–Trinajstić information content (AvgIpc) is 2.59. The average molecular weight is 340 g/mol. The second-order valence-corrected chi connectivity index (χ2v) is 5.54. The number of hydrogen-bond acceptors (Lipinski definition) is 4. The van der Waals surface area contributed by atoms with Crippen molar-refractivity contribution >= 4 is 23.5 Å². The fraction of sp³-hybridized carbons (Fsp3) is 0.211. The van der Waals surface area contributed by atoms with Crippen LogP contribution in [0, 0.1) is 6.92 Å². The Morgan fingerprint density at radius 2 is 1.68 bits per heavy atom.